The molecule has 2 aromatic carbocycles. The third-order valence-electron chi connectivity index (χ3n) is 6.14. The predicted molar refractivity (Wildman–Crippen MR) is 139 cm³/mol. The van der Waals surface area contributed by atoms with Crippen LogP contribution in [0.5, 0.6) is 0 Å². The summed E-state index contributed by atoms with van der Waals surface area (Å²) in [5.41, 5.74) is 9.76. The van der Waals surface area contributed by atoms with Crippen molar-refractivity contribution < 1.29 is 32.3 Å². The molecule has 5 N–H and O–H groups in total. The molecule has 4 rings (SSSR count). The summed E-state index contributed by atoms with van der Waals surface area (Å²) in [5, 5.41) is 13.1. The highest BCUT2D eigenvalue weighted by Crippen LogP contribution is 2.24. The summed E-state index contributed by atoms with van der Waals surface area (Å²) in [6, 6.07) is 11.9. The maximum Gasteiger partial charge on any atom is 0.490 e. The standard InChI is InChI=1S/C25H28FN5O2.C2HF3O2/c1-15-9-18(11-20(26)10-15)13-28-23-25(33)31-21(14-29-23)7-8-22(31)24(32)30-12-17-3-5-19(6-4-17)16(2)27;3-2(4,5)1(6)7/h3-6,9-11,14,16,22H,7-8,12-13,27H2,1-2H3,(H,28,29)(H,30,32);(H,6,7)/t16-,22+;/m1./s1. The number of alkyl halides is 3. The fraction of sp³-hybridized carbons (Fsp3) is 0.333. The number of anilines is 1. The second-order valence-electron chi connectivity index (χ2n) is 9.37. The maximum atomic E-state index is 13.6. The number of nitrogens with one attached hydrogen (secondary N) is 2. The lowest BCUT2D eigenvalue weighted by Crippen LogP contribution is -2.36. The number of nitrogens with two attached hydrogens (primary N) is 1. The second kappa shape index (κ2) is 12.7. The summed E-state index contributed by atoms with van der Waals surface area (Å²) in [7, 11) is 0. The molecule has 13 heteroatoms. The number of halogens is 4. The van der Waals surface area contributed by atoms with Crippen molar-refractivity contribution in [2.75, 3.05) is 5.32 Å². The van der Waals surface area contributed by atoms with E-state index in [9.17, 15) is 27.2 Å². The van der Waals surface area contributed by atoms with Crippen molar-refractivity contribution in [3.8, 4) is 0 Å². The van der Waals surface area contributed by atoms with E-state index in [1.165, 1.54) is 16.7 Å². The summed E-state index contributed by atoms with van der Waals surface area (Å²) in [6.07, 6.45) is -2.31. The van der Waals surface area contributed by atoms with Gasteiger partial charge in [0, 0.05) is 31.0 Å². The first-order valence-corrected chi connectivity index (χ1v) is 12.3. The van der Waals surface area contributed by atoms with Gasteiger partial charge in [-0.05, 0) is 61.1 Å². The molecule has 0 saturated heterocycles. The predicted octanol–water partition coefficient (Wildman–Crippen LogP) is 3.76. The van der Waals surface area contributed by atoms with Crippen molar-refractivity contribution in [1.29, 1.82) is 0 Å². The molecule has 40 heavy (non-hydrogen) atoms. The van der Waals surface area contributed by atoms with Crippen molar-refractivity contribution in [1.82, 2.24) is 14.9 Å². The average molecular weight is 564 g/mol. The Morgan fingerprint density at radius 3 is 2.38 bits per heavy atom. The van der Waals surface area contributed by atoms with Gasteiger partial charge in [0.05, 0.1) is 0 Å². The van der Waals surface area contributed by atoms with Gasteiger partial charge in [-0.3, -0.25) is 14.2 Å². The molecule has 1 aromatic heterocycles. The molecule has 1 amide bonds. The number of aromatic nitrogens is 2. The van der Waals surface area contributed by atoms with Gasteiger partial charge in [0.1, 0.15) is 11.9 Å². The monoisotopic (exact) mass is 563 g/mol. The molecule has 0 spiro atoms. The minimum absolute atomic E-state index is 0.0446. The minimum atomic E-state index is -5.08. The van der Waals surface area contributed by atoms with E-state index in [1.807, 2.05) is 44.2 Å². The quantitative estimate of drug-likeness (QED) is 0.321. The average Bonchev–Trinajstić information content (AvgIpc) is 3.31. The lowest BCUT2D eigenvalue weighted by molar-refractivity contribution is -0.192. The zero-order valence-electron chi connectivity index (χ0n) is 21.8. The van der Waals surface area contributed by atoms with Crippen LogP contribution >= 0.6 is 0 Å². The number of carboxylic acid groups (broad SMARTS) is 1. The lowest BCUT2D eigenvalue weighted by Gasteiger charge is -2.16. The molecule has 1 aliphatic heterocycles. The van der Waals surface area contributed by atoms with E-state index in [4.69, 9.17) is 15.6 Å². The van der Waals surface area contributed by atoms with Crippen LogP contribution in [0.25, 0.3) is 0 Å². The zero-order chi connectivity index (χ0) is 29.6. The van der Waals surface area contributed by atoms with Gasteiger partial charge in [-0.1, -0.05) is 30.3 Å². The van der Waals surface area contributed by atoms with Crippen molar-refractivity contribution >= 4 is 17.7 Å². The largest absolute Gasteiger partial charge is 0.490 e. The molecule has 0 radical (unpaired) electrons. The van der Waals surface area contributed by atoms with Gasteiger partial charge in [-0.2, -0.15) is 13.2 Å². The molecule has 0 fully saturated rings. The third-order valence-corrected chi connectivity index (χ3v) is 6.14. The first kappa shape index (κ1) is 30.3. The third kappa shape index (κ3) is 7.88. The lowest BCUT2D eigenvalue weighted by atomic mass is 10.1. The Morgan fingerprint density at radius 2 is 1.80 bits per heavy atom. The Hall–Kier alpha value is -4.26. The van der Waals surface area contributed by atoms with Gasteiger partial charge in [0.15, 0.2) is 5.82 Å². The van der Waals surface area contributed by atoms with Crippen molar-refractivity contribution in [3.63, 3.8) is 0 Å². The highest BCUT2D eigenvalue weighted by atomic mass is 19.4. The van der Waals surface area contributed by atoms with Crippen molar-refractivity contribution in [2.24, 2.45) is 5.73 Å². The molecule has 214 valence electrons. The molecule has 0 saturated carbocycles. The zero-order valence-corrected chi connectivity index (χ0v) is 21.8. The molecule has 1 aliphatic rings. The van der Waals surface area contributed by atoms with Crippen LogP contribution in [0.3, 0.4) is 0 Å². The number of carbonyl (C=O) groups is 2. The highest BCUT2D eigenvalue weighted by Gasteiger charge is 2.38. The number of benzene rings is 2. The van der Waals surface area contributed by atoms with E-state index in [0.717, 1.165) is 22.4 Å². The van der Waals surface area contributed by atoms with E-state index in [2.05, 4.69) is 15.6 Å². The van der Waals surface area contributed by atoms with Crippen LogP contribution in [0.2, 0.25) is 0 Å². The number of rotatable bonds is 7. The van der Waals surface area contributed by atoms with E-state index in [0.29, 0.717) is 24.9 Å². The number of carbonyl (C=O) groups excluding carboxylic acids is 1. The van der Waals surface area contributed by atoms with Crippen LogP contribution in [-0.4, -0.2) is 32.7 Å². The first-order chi connectivity index (χ1) is 18.8. The number of nitrogens with zero attached hydrogens (tertiary/aromatic N) is 2. The van der Waals surface area contributed by atoms with Crippen molar-refractivity contribution in [2.45, 2.75) is 58.0 Å². The summed E-state index contributed by atoms with van der Waals surface area (Å²) in [4.78, 5) is 39.1. The molecule has 9 nitrogen and oxygen atoms in total. The number of hydrogen-bond donors (Lipinski definition) is 4. The van der Waals surface area contributed by atoms with Crippen LogP contribution in [0.15, 0.2) is 53.5 Å². The molecule has 0 unspecified atom stereocenters. The summed E-state index contributed by atoms with van der Waals surface area (Å²) >= 11 is 0. The van der Waals surface area contributed by atoms with Gasteiger partial charge in [-0.25, -0.2) is 14.2 Å². The van der Waals surface area contributed by atoms with Crippen LogP contribution in [-0.2, 0) is 29.1 Å². The first-order valence-electron chi connectivity index (χ1n) is 12.3. The normalized spacial score (nSPS) is 14.9. The topological polar surface area (TPSA) is 139 Å². The molecule has 2 atom stereocenters. The molecular weight excluding hydrogens is 534 g/mol. The minimum Gasteiger partial charge on any atom is -0.475 e. The number of hydrogen-bond acceptors (Lipinski definition) is 6. The smallest absolute Gasteiger partial charge is 0.475 e. The Balaban J connectivity index is 0.000000559. The number of amides is 1. The van der Waals surface area contributed by atoms with Crippen LogP contribution < -0.4 is 21.9 Å². The summed E-state index contributed by atoms with van der Waals surface area (Å²) in [5.74, 6) is -3.14. The van der Waals surface area contributed by atoms with Gasteiger partial charge in [0.25, 0.3) is 5.56 Å². The number of carboxylic acids is 1. The summed E-state index contributed by atoms with van der Waals surface area (Å²) in [6.45, 7) is 4.36. The number of aliphatic carboxylic acids is 1. The van der Waals surface area contributed by atoms with E-state index >= 15 is 0 Å². The van der Waals surface area contributed by atoms with Gasteiger partial charge in [0.2, 0.25) is 5.91 Å². The SMILES string of the molecule is Cc1cc(F)cc(CNc2ncc3n(c2=O)[C@H](C(=O)NCc2ccc([C@@H](C)N)cc2)CC3)c1.O=C(O)C(F)(F)F. The number of fused-ring (bicyclic) bond motifs is 1. The van der Waals surface area contributed by atoms with Crippen LogP contribution in [0, 0.1) is 12.7 Å². The Bertz CT molecular complexity index is 1400. The van der Waals surface area contributed by atoms with Gasteiger partial charge < -0.3 is 21.5 Å². The molecule has 2 heterocycles. The summed E-state index contributed by atoms with van der Waals surface area (Å²) < 4.78 is 46.9. The number of aryl methyl sites for hydroxylation is 2. The molecule has 0 bridgehead atoms. The van der Waals surface area contributed by atoms with E-state index in [1.54, 1.807) is 6.20 Å². The Kier molecular flexibility index (Phi) is 9.64. The fourth-order valence-corrected chi connectivity index (χ4v) is 4.16. The van der Waals surface area contributed by atoms with Crippen LogP contribution in [0.1, 0.15) is 53.4 Å². The fourth-order valence-electron chi connectivity index (χ4n) is 4.16. The Morgan fingerprint density at radius 1 is 1.15 bits per heavy atom. The van der Waals surface area contributed by atoms with E-state index in [-0.39, 0.29) is 35.7 Å². The molecule has 0 aliphatic carbocycles. The van der Waals surface area contributed by atoms with Crippen LogP contribution in [0.4, 0.5) is 23.4 Å². The second-order valence-corrected chi connectivity index (χ2v) is 9.37. The van der Waals surface area contributed by atoms with Gasteiger partial charge in [-0.15, -0.1) is 0 Å². The molecule has 3 aromatic rings. The molecular formula is C27H29F4N5O4. The Labute approximate surface area is 227 Å². The van der Waals surface area contributed by atoms with E-state index < -0.39 is 18.2 Å². The maximum absolute atomic E-state index is 13.6. The van der Waals surface area contributed by atoms with Crippen molar-refractivity contribution in [3.05, 3.63) is 92.8 Å². The highest BCUT2D eigenvalue weighted by molar-refractivity contribution is 5.81. The van der Waals surface area contributed by atoms with Gasteiger partial charge >= 0.3 is 12.1 Å².